The summed E-state index contributed by atoms with van der Waals surface area (Å²) < 4.78 is 0.962. The van der Waals surface area contributed by atoms with Crippen LogP contribution in [-0.2, 0) is 0 Å². The van der Waals surface area contributed by atoms with Gasteiger partial charge >= 0.3 is 0 Å². The van der Waals surface area contributed by atoms with Crippen LogP contribution < -0.4 is 5.32 Å². The molecule has 3 nitrogen and oxygen atoms in total. The Morgan fingerprint density at radius 2 is 2.24 bits per heavy atom. The zero-order chi connectivity index (χ0) is 15.2. The number of hydrogen-bond donors (Lipinski definition) is 1. The summed E-state index contributed by atoms with van der Waals surface area (Å²) in [5, 5.41) is 3.54. The second-order valence-electron chi connectivity index (χ2n) is 5.86. The topological polar surface area (TPSA) is 32.3 Å². The molecule has 1 N–H and O–H groups in total. The van der Waals surface area contributed by atoms with E-state index in [0.29, 0.717) is 6.04 Å². The van der Waals surface area contributed by atoms with Crippen molar-refractivity contribution in [2.24, 2.45) is 0 Å². The average Bonchev–Trinajstić information content (AvgIpc) is 2.49. The maximum Gasteiger partial charge on any atom is 0.254 e. The van der Waals surface area contributed by atoms with Crippen LogP contribution in [0.25, 0.3) is 0 Å². The Bertz CT molecular complexity index is 484. The van der Waals surface area contributed by atoms with E-state index in [1.807, 2.05) is 30.0 Å². The number of benzene rings is 1. The van der Waals surface area contributed by atoms with Gasteiger partial charge in [0.15, 0.2) is 0 Å². The van der Waals surface area contributed by atoms with Crippen LogP contribution in [-0.4, -0.2) is 36.5 Å². The van der Waals surface area contributed by atoms with Gasteiger partial charge in [-0.05, 0) is 50.4 Å². The molecule has 116 valence electrons. The Morgan fingerprint density at radius 3 is 2.90 bits per heavy atom. The number of amides is 1. The fourth-order valence-electron chi connectivity index (χ4n) is 2.89. The van der Waals surface area contributed by atoms with Crippen LogP contribution >= 0.6 is 15.9 Å². The van der Waals surface area contributed by atoms with E-state index < -0.39 is 0 Å². The molecule has 1 unspecified atom stereocenters. The van der Waals surface area contributed by atoms with Crippen molar-refractivity contribution in [3.05, 3.63) is 33.8 Å². The molecular formula is C17H25BrN2O. The molecule has 21 heavy (non-hydrogen) atoms. The largest absolute Gasteiger partial charge is 0.337 e. The minimum Gasteiger partial charge on any atom is -0.337 e. The number of hydrogen-bond acceptors (Lipinski definition) is 2. The second-order valence-corrected chi connectivity index (χ2v) is 6.77. The SMILES string of the molecule is CCCN(CC1CCCCN1)C(=O)c1cc(Br)ccc1C. The number of carbonyl (C=O) groups is 1. The van der Waals surface area contributed by atoms with Gasteiger partial charge < -0.3 is 10.2 Å². The summed E-state index contributed by atoms with van der Waals surface area (Å²) in [6.45, 7) is 6.85. The van der Waals surface area contributed by atoms with Gasteiger partial charge in [-0.1, -0.05) is 35.3 Å². The van der Waals surface area contributed by atoms with Crippen LogP contribution in [0.1, 0.15) is 48.5 Å². The molecule has 4 heteroatoms. The molecule has 1 heterocycles. The van der Waals surface area contributed by atoms with E-state index in [9.17, 15) is 4.79 Å². The van der Waals surface area contributed by atoms with Gasteiger partial charge in [0.1, 0.15) is 0 Å². The maximum atomic E-state index is 12.9. The molecule has 2 rings (SSSR count). The monoisotopic (exact) mass is 352 g/mol. The van der Waals surface area contributed by atoms with Gasteiger partial charge in [0.2, 0.25) is 0 Å². The molecular weight excluding hydrogens is 328 g/mol. The molecule has 0 saturated carbocycles. The number of halogens is 1. The number of aryl methyl sites for hydroxylation is 1. The van der Waals surface area contributed by atoms with Crippen molar-refractivity contribution in [2.45, 2.75) is 45.6 Å². The Balaban J connectivity index is 2.12. The lowest BCUT2D eigenvalue weighted by molar-refractivity contribution is 0.0731. The quantitative estimate of drug-likeness (QED) is 0.874. The second kappa shape index (κ2) is 7.95. The first kappa shape index (κ1) is 16.5. The van der Waals surface area contributed by atoms with Crippen molar-refractivity contribution in [3.63, 3.8) is 0 Å². The minimum absolute atomic E-state index is 0.156. The number of nitrogens with zero attached hydrogens (tertiary/aromatic N) is 1. The molecule has 1 aromatic carbocycles. The van der Waals surface area contributed by atoms with E-state index in [1.165, 1.54) is 19.3 Å². The highest BCUT2D eigenvalue weighted by Crippen LogP contribution is 2.19. The summed E-state index contributed by atoms with van der Waals surface area (Å²) in [7, 11) is 0. The number of piperidine rings is 1. The third-order valence-corrected chi connectivity index (χ3v) is 4.56. The van der Waals surface area contributed by atoms with E-state index in [1.54, 1.807) is 0 Å². The Morgan fingerprint density at radius 1 is 1.43 bits per heavy atom. The lowest BCUT2D eigenvalue weighted by atomic mass is 10.0. The normalized spacial score (nSPS) is 18.5. The van der Waals surface area contributed by atoms with Crippen LogP contribution in [0.15, 0.2) is 22.7 Å². The third-order valence-electron chi connectivity index (χ3n) is 4.06. The van der Waals surface area contributed by atoms with Crippen molar-refractivity contribution in [1.29, 1.82) is 0 Å². The summed E-state index contributed by atoms with van der Waals surface area (Å²) in [5.74, 6) is 0.156. The van der Waals surface area contributed by atoms with Crippen molar-refractivity contribution in [3.8, 4) is 0 Å². The van der Waals surface area contributed by atoms with Gasteiger partial charge in [-0.3, -0.25) is 4.79 Å². The Labute approximate surface area is 136 Å². The number of carbonyl (C=O) groups excluding carboxylic acids is 1. The number of rotatable bonds is 5. The predicted octanol–water partition coefficient (Wildman–Crippen LogP) is 3.75. The zero-order valence-electron chi connectivity index (χ0n) is 13.0. The van der Waals surface area contributed by atoms with Crippen LogP contribution in [0.5, 0.6) is 0 Å². The summed E-state index contributed by atoms with van der Waals surface area (Å²) in [5.41, 5.74) is 1.86. The van der Waals surface area contributed by atoms with Crippen molar-refractivity contribution >= 4 is 21.8 Å². The predicted molar refractivity (Wildman–Crippen MR) is 90.7 cm³/mol. The Hall–Kier alpha value is -0.870. The molecule has 0 bridgehead atoms. The molecule has 1 fully saturated rings. The first-order chi connectivity index (χ1) is 10.1. The molecule has 1 aliphatic rings. The van der Waals surface area contributed by atoms with Crippen LogP contribution in [0, 0.1) is 6.92 Å². The average molecular weight is 353 g/mol. The standard InChI is InChI=1S/C17H25BrN2O/c1-3-10-20(12-15-6-4-5-9-19-15)17(21)16-11-14(18)8-7-13(16)2/h7-8,11,15,19H,3-6,9-10,12H2,1-2H3. The third kappa shape index (κ3) is 4.55. The summed E-state index contributed by atoms with van der Waals surface area (Å²) >= 11 is 3.47. The van der Waals surface area contributed by atoms with E-state index in [4.69, 9.17) is 0 Å². The molecule has 0 aromatic heterocycles. The van der Waals surface area contributed by atoms with E-state index in [-0.39, 0.29) is 5.91 Å². The molecule has 1 atom stereocenters. The highest BCUT2D eigenvalue weighted by Gasteiger charge is 2.22. The highest BCUT2D eigenvalue weighted by atomic mass is 79.9. The molecule has 1 amide bonds. The molecule has 0 spiro atoms. The van der Waals surface area contributed by atoms with Crippen LogP contribution in [0.4, 0.5) is 0 Å². The van der Waals surface area contributed by atoms with Gasteiger partial charge in [-0.15, -0.1) is 0 Å². The zero-order valence-corrected chi connectivity index (χ0v) is 14.6. The lowest BCUT2D eigenvalue weighted by Gasteiger charge is -2.31. The first-order valence-corrected chi connectivity index (χ1v) is 8.70. The molecule has 1 aromatic rings. The van der Waals surface area contributed by atoms with Crippen molar-refractivity contribution in [2.75, 3.05) is 19.6 Å². The van der Waals surface area contributed by atoms with E-state index in [0.717, 1.165) is 41.7 Å². The number of nitrogens with one attached hydrogen (secondary N) is 1. The Kier molecular flexibility index (Phi) is 6.24. The molecule has 1 aliphatic heterocycles. The van der Waals surface area contributed by atoms with Crippen LogP contribution in [0.3, 0.4) is 0 Å². The van der Waals surface area contributed by atoms with Crippen molar-refractivity contribution < 1.29 is 4.79 Å². The van der Waals surface area contributed by atoms with Crippen LogP contribution in [0.2, 0.25) is 0 Å². The van der Waals surface area contributed by atoms with Gasteiger partial charge in [-0.25, -0.2) is 0 Å². The fraction of sp³-hybridized carbons (Fsp3) is 0.588. The molecule has 0 radical (unpaired) electrons. The molecule has 1 saturated heterocycles. The summed E-state index contributed by atoms with van der Waals surface area (Å²) in [4.78, 5) is 14.9. The summed E-state index contributed by atoms with van der Waals surface area (Å²) in [6, 6.07) is 6.37. The smallest absolute Gasteiger partial charge is 0.254 e. The minimum atomic E-state index is 0.156. The van der Waals surface area contributed by atoms with Gasteiger partial charge in [0.25, 0.3) is 5.91 Å². The lowest BCUT2D eigenvalue weighted by Crippen LogP contribution is -2.46. The van der Waals surface area contributed by atoms with Gasteiger partial charge in [0.05, 0.1) is 0 Å². The van der Waals surface area contributed by atoms with E-state index in [2.05, 4.69) is 28.2 Å². The van der Waals surface area contributed by atoms with Crippen molar-refractivity contribution in [1.82, 2.24) is 10.2 Å². The maximum absolute atomic E-state index is 12.9. The van der Waals surface area contributed by atoms with Gasteiger partial charge in [0, 0.05) is 29.2 Å². The molecule has 0 aliphatic carbocycles. The summed E-state index contributed by atoms with van der Waals surface area (Å²) in [6.07, 6.45) is 4.68. The first-order valence-electron chi connectivity index (χ1n) is 7.90. The van der Waals surface area contributed by atoms with E-state index >= 15 is 0 Å². The van der Waals surface area contributed by atoms with Gasteiger partial charge in [-0.2, -0.15) is 0 Å². The fourth-order valence-corrected chi connectivity index (χ4v) is 3.25. The highest BCUT2D eigenvalue weighted by molar-refractivity contribution is 9.10.